The number of hydrogen-bond donors (Lipinski definition) is 1. The van der Waals surface area contributed by atoms with E-state index in [1.54, 1.807) is 0 Å². The van der Waals surface area contributed by atoms with Crippen molar-refractivity contribution in [2.24, 2.45) is 11.3 Å². The summed E-state index contributed by atoms with van der Waals surface area (Å²) in [7, 11) is 1.93. The Bertz CT molecular complexity index is 161. The molecule has 0 aliphatic rings. The lowest BCUT2D eigenvalue weighted by Crippen LogP contribution is -2.52. The fraction of sp³-hybridized carbons (Fsp3) is 0.900. The molecular weight excluding hydrogens is 150 g/mol. The summed E-state index contributed by atoms with van der Waals surface area (Å²) in [6, 6.07) is 0. The van der Waals surface area contributed by atoms with E-state index in [9.17, 15) is 4.79 Å². The average Bonchev–Trinajstić information content (AvgIpc) is 2.02. The van der Waals surface area contributed by atoms with Crippen LogP contribution in [0.15, 0.2) is 0 Å². The van der Waals surface area contributed by atoms with Gasteiger partial charge in [0.1, 0.15) is 6.29 Å². The van der Waals surface area contributed by atoms with Gasteiger partial charge in [0, 0.05) is 11.5 Å². The maximum Gasteiger partial charge on any atom is 0.123 e. The predicted molar refractivity (Wildman–Crippen MR) is 52.1 cm³/mol. The standard InChI is InChI=1S/C10H21NO/c1-8(7-12)9(2,3)10(4,5)11-6/h7-8,11H,1-6H3. The fourth-order valence-corrected chi connectivity index (χ4v) is 1.06. The minimum absolute atomic E-state index is 0.0205. The van der Waals surface area contributed by atoms with Crippen molar-refractivity contribution >= 4 is 6.29 Å². The van der Waals surface area contributed by atoms with Crippen LogP contribution in [0.1, 0.15) is 34.6 Å². The normalized spacial score (nSPS) is 15.8. The van der Waals surface area contributed by atoms with Crippen LogP contribution in [-0.4, -0.2) is 18.9 Å². The number of carbonyl (C=O) groups excluding carboxylic acids is 1. The van der Waals surface area contributed by atoms with Gasteiger partial charge in [0.15, 0.2) is 0 Å². The van der Waals surface area contributed by atoms with Crippen LogP contribution >= 0.6 is 0 Å². The molecule has 2 nitrogen and oxygen atoms in total. The van der Waals surface area contributed by atoms with Crippen molar-refractivity contribution < 1.29 is 4.79 Å². The van der Waals surface area contributed by atoms with Gasteiger partial charge in [-0.05, 0) is 26.3 Å². The summed E-state index contributed by atoms with van der Waals surface area (Å²) in [4.78, 5) is 10.7. The van der Waals surface area contributed by atoms with Crippen molar-refractivity contribution in [3.63, 3.8) is 0 Å². The molecule has 1 N–H and O–H groups in total. The number of aldehydes is 1. The van der Waals surface area contributed by atoms with Gasteiger partial charge >= 0.3 is 0 Å². The first-order valence-electron chi connectivity index (χ1n) is 4.44. The van der Waals surface area contributed by atoms with Crippen molar-refractivity contribution in [1.29, 1.82) is 0 Å². The van der Waals surface area contributed by atoms with Crippen molar-refractivity contribution in [3.8, 4) is 0 Å². The van der Waals surface area contributed by atoms with Crippen molar-refractivity contribution in [2.75, 3.05) is 7.05 Å². The van der Waals surface area contributed by atoms with Crippen LogP contribution in [0.4, 0.5) is 0 Å². The van der Waals surface area contributed by atoms with Crippen molar-refractivity contribution in [3.05, 3.63) is 0 Å². The van der Waals surface area contributed by atoms with E-state index >= 15 is 0 Å². The molecule has 0 saturated carbocycles. The first kappa shape index (κ1) is 11.6. The van der Waals surface area contributed by atoms with Gasteiger partial charge in [-0.1, -0.05) is 20.8 Å². The van der Waals surface area contributed by atoms with Crippen LogP contribution in [0.25, 0.3) is 0 Å². The summed E-state index contributed by atoms with van der Waals surface area (Å²) in [5.41, 5.74) is -0.0448. The molecule has 12 heavy (non-hydrogen) atoms. The first-order chi connectivity index (χ1) is 5.29. The topological polar surface area (TPSA) is 29.1 Å². The van der Waals surface area contributed by atoms with Gasteiger partial charge in [-0.15, -0.1) is 0 Å². The van der Waals surface area contributed by atoms with Gasteiger partial charge in [-0.2, -0.15) is 0 Å². The van der Waals surface area contributed by atoms with Crippen molar-refractivity contribution in [1.82, 2.24) is 5.32 Å². The Morgan fingerprint density at radius 2 is 1.67 bits per heavy atom. The number of carbonyl (C=O) groups is 1. The highest BCUT2D eigenvalue weighted by Crippen LogP contribution is 2.36. The minimum Gasteiger partial charge on any atom is -0.314 e. The van der Waals surface area contributed by atoms with E-state index in [1.807, 2.05) is 14.0 Å². The lowest BCUT2D eigenvalue weighted by Gasteiger charge is -2.44. The summed E-state index contributed by atoms with van der Waals surface area (Å²) in [5.74, 6) is 0.0694. The Morgan fingerprint density at radius 1 is 1.25 bits per heavy atom. The molecule has 0 rings (SSSR count). The van der Waals surface area contributed by atoms with Gasteiger partial charge < -0.3 is 10.1 Å². The maximum absolute atomic E-state index is 10.7. The molecule has 0 radical (unpaired) electrons. The van der Waals surface area contributed by atoms with E-state index in [0.717, 1.165) is 6.29 Å². The van der Waals surface area contributed by atoms with E-state index in [1.165, 1.54) is 0 Å². The molecule has 0 heterocycles. The largest absolute Gasteiger partial charge is 0.314 e. The minimum atomic E-state index is -0.0243. The Hall–Kier alpha value is -0.370. The first-order valence-corrected chi connectivity index (χ1v) is 4.44. The number of hydrogen-bond acceptors (Lipinski definition) is 2. The second kappa shape index (κ2) is 3.56. The van der Waals surface area contributed by atoms with E-state index < -0.39 is 0 Å². The SMILES string of the molecule is CNC(C)(C)C(C)(C)C(C)C=O. The van der Waals surface area contributed by atoms with Gasteiger partial charge in [0.25, 0.3) is 0 Å². The zero-order valence-electron chi connectivity index (χ0n) is 9.06. The molecule has 72 valence electrons. The molecule has 0 aliphatic carbocycles. The van der Waals surface area contributed by atoms with Crippen LogP contribution in [0, 0.1) is 11.3 Å². The quantitative estimate of drug-likeness (QED) is 0.654. The Labute approximate surface area is 75.7 Å². The van der Waals surface area contributed by atoms with Crippen LogP contribution < -0.4 is 5.32 Å². The molecule has 1 unspecified atom stereocenters. The Balaban J connectivity index is 4.69. The highest BCUT2D eigenvalue weighted by Gasteiger charge is 2.39. The number of nitrogens with one attached hydrogen (secondary N) is 1. The molecule has 0 aromatic carbocycles. The van der Waals surface area contributed by atoms with Gasteiger partial charge in [-0.3, -0.25) is 0 Å². The molecular formula is C10H21NO. The monoisotopic (exact) mass is 171 g/mol. The second-order valence-corrected chi connectivity index (χ2v) is 4.52. The van der Waals surface area contributed by atoms with E-state index in [-0.39, 0.29) is 16.9 Å². The summed E-state index contributed by atoms with van der Waals surface area (Å²) >= 11 is 0. The molecule has 1 atom stereocenters. The van der Waals surface area contributed by atoms with Crippen LogP contribution in [0.5, 0.6) is 0 Å². The van der Waals surface area contributed by atoms with E-state index in [4.69, 9.17) is 0 Å². The van der Waals surface area contributed by atoms with Crippen LogP contribution in [0.2, 0.25) is 0 Å². The third kappa shape index (κ3) is 1.86. The third-order valence-electron chi connectivity index (χ3n) is 3.58. The van der Waals surface area contributed by atoms with Crippen molar-refractivity contribution in [2.45, 2.75) is 40.2 Å². The molecule has 0 saturated heterocycles. The van der Waals surface area contributed by atoms with Gasteiger partial charge in [-0.25, -0.2) is 0 Å². The summed E-state index contributed by atoms with van der Waals surface area (Å²) < 4.78 is 0. The molecule has 0 aromatic heterocycles. The van der Waals surface area contributed by atoms with E-state index in [2.05, 4.69) is 33.0 Å². The zero-order valence-corrected chi connectivity index (χ0v) is 9.06. The van der Waals surface area contributed by atoms with E-state index in [0.29, 0.717) is 0 Å². The third-order valence-corrected chi connectivity index (χ3v) is 3.58. The van der Waals surface area contributed by atoms with Gasteiger partial charge in [0.2, 0.25) is 0 Å². The lowest BCUT2D eigenvalue weighted by molar-refractivity contribution is -0.115. The molecule has 0 amide bonds. The Kier molecular flexibility index (Phi) is 3.45. The van der Waals surface area contributed by atoms with Crippen LogP contribution in [-0.2, 0) is 4.79 Å². The predicted octanol–water partition coefficient (Wildman–Crippen LogP) is 1.85. The molecule has 0 aliphatic heterocycles. The second-order valence-electron chi connectivity index (χ2n) is 4.52. The maximum atomic E-state index is 10.7. The highest BCUT2D eigenvalue weighted by molar-refractivity contribution is 5.54. The molecule has 0 fully saturated rings. The fourth-order valence-electron chi connectivity index (χ4n) is 1.06. The molecule has 0 bridgehead atoms. The summed E-state index contributed by atoms with van der Waals surface area (Å²) in [5, 5.41) is 3.24. The number of rotatable bonds is 4. The molecule has 2 heteroatoms. The zero-order chi connectivity index (χ0) is 9.99. The summed E-state index contributed by atoms with van der Waals surface area (Å²) in [6.07, 6.45) is 1.03. The van der Waals surface area contributed by atoms with Crippen LogP contribution in [0.3, 0.4) is 0 Å². The smallest absolute Gasteiger partial charge is 0.123 e. The average molecular weight is 171 g/mol. The lowest BCUT2D eigenvalue weighted by atomic mass is 9.67. The highest BCUT2D eigenvalue weighted by atomic mass is 16.1. The Morgan fingerprint density at radius 3 is 1.92 bits per heavy atom. The van der Waals surface area contributed by atoms with Gasteiger partial charge in [0.05, 0.1) is 0 Å². The summed E-state index contributed by atoms with van der Waals surface area (Å²) in [6.45, 7) is 10.4. The molecule has 0 spiro atoms. The molecule has 0 aromatic rings.